The zero-order valence-electron chi connectivity index (χ0n) is 15.1. The summed E-state index contributed by atoms with van der Waals surface area (Å²) in [6, 6.07) is 20.1. The molecule has 0 saturated carbocycles. The Bertz CT molecular complexity index is 1280. The van der Waals surface area contributed by atoms with Crippen molar-refractivity contribution in [2.45, 2.75) is 26.2 Å². The Labute approximate surface area is 151 Å². The molecule has 0 aliphatic rings. The van der Waals surface area contributed by atoms with Crippen LogP contribution in [-0.2, 0) is 12.5 Å². The molecule has 0 aliphatic carbocycles. The highest BCUT2D eigenvalue weighted by Crippen LogP contribution is 2.43. The summed E-state index contributed by atoms with van der Waals surface area (Å²) in [5.74, 6) is 0. The van der Waals surface area contributed by atoms with Gasteiger partial charge in [-0.05, 0) is 23.1 Å². The SMILES string of the molecule is Cn1c2cccc(C(C)(C)C)c2c2ccc3c4ccccc4sc3c21. The summed E-state index contributed by atoms with van der Waals surface area (Å²) < 4.78 is 5.15. The van der Waals surface area contributed by atoms with Crippen LogP contribution in [0.2, 0.25) is 0 Å². The van der Waals surface area contributed by atoms with Crippen LogP contribution in [0, 0.1) is 0 Å². The normalized spacial score (nSPS) is 12.8. The second kappa shape index (κ2) is 4.86. The Morgan fingerprint density at radius 2 is 1.56 bits per heavy atom. The smallest absolute Gasteiger partial charge is 0.0670 e. The molecule has 1 nitrogen and oxygen atoms in total. The summed E-state index contributed by atoms with van der Waals surface area (Å²) >= 11 is 1.91. The third-order valence-corrected chi connectivity index (χ3v) is 6.53. The molecule has 0 aliphatic heterocycles. The lowest BCUT2D eigenvalue weighted by Gasteiger charge is -2.20. The molecule has 5 aromatic rings. The summed E-state index contributed by atoms with van der Waals surface area (Å²) in [5, 5.41) is 5.52. The molecule has 2 heteroatoms. The standard InChI is InChI=1S/C23H21NS/c1-23(2,3)17-9-7-10-18-20(17)16-13-12-15-14-8-5-6-11-19(14)25-22(15)21(16)24(18)4/h5-13H,1-4H3. The summed E-state index contributed by atoms with van der Waals surface area (Å²) in [4.78, 5) is 0. The van der Waals surface area contributed by atoms with Gasteiger partial charge in [0.15, 0.2) is 0 Å². The molecule has 0 atom stereocenters. The lowest BCUT2D eigenvalue weighted by atomic mass is 9.84. The first-order valence-electron chi connectivity index (χ1n) is 8.78. The van der Waals surface area contributed by atoms with E-state index in [9.17, 15) is 0 Å². The van der Waals surface area contributed by atoms with Gasteiger partial charge in [-0.1, -0.05) is 63.2 Å². The number of nitrogens with zero attached hydrogens (tertiary/aromatic N) is 1. The molecule has 0 radical (unpaired) electrons. The van der Waals surface area contributed by atoms with Gasteiger partial charge in [-0.2, -0.15) is 0 Å². The largest absolute Gasteiger partial charge is 0.342 e. The van der Waals surface area contributed by atoms with Gasteiger partial charge >= 0.3 is 0 Å². The molecule has 2 aromatic heterocycles. The average Bonchev–Trinajstić information content (AvgIpc) is 3.10. The average molecular weight is 343 g/mol. The van der Waals surface area contributed by atoms with E-state index in [0.717, 1.165) is 0 Å². The van der Waals surface area contributed by atoms with Crippen molar-refractivity contribution in [2.75, 3.05) is 0 Å². The van der Waals surface area contributed by atoms with Crippen molar-refractivity contribution < 1.29 is 0 Å². The van der Waals surface area contributed by atoms with Gasteiger partial charge in [0.05, 0.1) is 10.2 Å². The van der Waals surface area contributed by atoms with E-state index in [0.29, 0.717) is 0 Å². The zero-order valence-corrected chi connectivity index (χ0v) is 15.9. The highest BCUT2D eigenvalue weighted by molar-refractivity contribution is 7.26. The lowest BCUT2D eigenvalue weighted by molar-refractivity contribution is 0.596. The van der Waals surface area contributed by atoms with Crippen LogP contribution in [0.15, 0.2) is 54.6 Å². The predicted molar refractivity (Wildman–Crippen MR) is 112 cm³/mol. The number of rotatable bonds is 0. The highest BCUT2D eigenvalue weighted by Gasteiger charge is 2.22. The number of benzene rings is 3. The summed E-state index contributed by atoms with van der Waals surface area (Å²) in [5.41, 5.74) is 4.25. The Morgan fingerprint density at radius 1 is 0.800 bits per heavy atom. The van der Waals surface area contributed by atoms with Gasteiger partial charge in [0.2, 0.25) is 0 Å². The van der Waals surface area contributed by atoms with Gasteiger partial charge in [0, 0.05) is 38.8 Å². The second-order valence-electron chi connectivity index (χ2n) is 7.95. The van der Waals surface area contributed by atoms with Crippen LogP contribution in [0.3, 0.4) is 0 Å². The molecular formula is C23H21NS. The molecule has 0 N–H and O–H groups in total. The number of thiophene rings is 1. The predicted octanol–water partition coefficient (Wildman–Crippen LogP) is 7.00. The Hall–Kier alpha value is -2.32. The van der Waals surface area contributed by atoms with Gasteiger partial charge in [-0.15, -0.1) is 11.3 Å². The first-order valence-corrected chi connectivity index (χ1v) is 9.60. The van der Waals surface area contributed by atoms with Crippen molar-refractivity contribution in [3.05, 3.63) is 60.2 Å². The molecule has 25 heavy (non-hydrogen) atoms. The van der Waals surface area contributed by atoms with Crippen LogP contribution in [0.4, 0.5) is 0 Å². The van der Waals surface area contributed by atoms with Crippen LogP contribution < -0.4 is 0 Å². The van der Waals surface area contributed by atoms with Gasteiger partial charge in [-0.3, -0.25) is 0 Å². The Balaban J connectivity index is 2.06. The molecule has 0 amide bonds. The third-order valence-electron chi connectivity index (χ3n) is 5.34. The minimum Gasteiger partial charge on any atom is -0.342 e. The number of aryl methyl sites for hydroxylation is 1. The summed E-state index contributed by atoms with van der Waals surface area (Å²) in [6.07, 6.45) is 0. The molecule has 3 aromatic carbocycles. The molecule has 124 valence electrons. The molecule has 0 bridgehead atoms. The zero-order chi connectivity index (χ0) is 17.3. The van der Waals surface area contributed by atoms with Crippen LogP contribution in [0.1, 0.15) is 26.3 Å². The van der Waals surface area contributed by atoms with Crippen LogP contribution >= 0.6 is 11.3 Å². The van der Waals surface area contributed by atoms with E-state index < -0.39 is 0 Å². The van der Waals surface area contributed by atoms with E-state index in [4.69, 9.17) is 0 Å². The van der Waals surface area contributed by atoms with Gasteiger partial charge in [0.1, 0.15) is 0 Å². The minimum atomic E-state index is 0.128. The fourth-order valence-corrected chi connectivity index (χ4v) is 5.44. The van der Waals surface area contributed by atoms with Crippen molar-refractivity contribution in [3.8, 4) is 0 Å². The fourth-order valence-electron chi connectivity index (χ4n) is 4.16. The van der Waals surface area contributed by atoms with E-state index in [-0.39, 0.29) is 5.41 Å². The third kappa shape index (κ3) is 1.95. The molecular weight excluding hydrogens is 322 g/mol. The van der Waals surface area contributed by atoms with Crippen LogP contribution in [0.5, 0.6) is 0 Å². The van der Waals surface area contributed by atoms with Gasteiger partial charge < -0.3 is 4.57 Å². The first kappa shape index (κ1) is 15.0. The molecule has 0 spiro atoms. The van der Waals surface area contributed by atoms with Crippen molar-refractivity contribution >= 4 is 53.3 Å². The first-order chi connectivity index (χ1) is 12.0. The summed E-state index contributed by atoms with van der Waals surface area (Å²) in [6.45, 7) is 6.91. The maximum atomic E-state index is 2.39. The highest BCUT2D eigenvalue weighted by atomic mass is 32.1. The van der Waals surface area contributed by atoms with E-state index in [1.54, 1.807) is 0 Å². The van der Waals surface area contributed by atoms with E-state index in [1.807, 2.05) is 11.3 Å². The minimum absolute atomic E-state index is 0.128. The Kier molecular flexibility index (Phi) is 2.91. The topological polar surface area (TPSA) is 4.93 Å². The van der Waals surface area contributed by atoms with Crippen molar-refractivity contribution in [1.82, 2.24) is 4.57 Å². The van der Waals surface area contributed by atoms with Gasteiger partial charge in [-0.25, -0.2) is 0 Å². The maximum absolute atomic E-state index is 2.39. The van der Waals surface area contributed by atoms with Gasteiger partial charge in [0.25, 0.3) is 0 Å². The monoisotopic (exact) mass is 343 g/mol. The number of aromatic nitrogens is 1. The lowest BCUT2D eigenvalue weighted by Crippen LogP contribution is -2.11. The fraction of sp³-hybridized carbons (Fsp3) is 0.217. The van der Waals surface area contributed by atoms with Crippen LogP contribution in [-0.4, -0.2) is 4.57 Å². The molecule has 2 heterocycles. The van der Waals surface area contributed by atoms with E-state index >= 15 is 0 Å². The van der Waals surface area contributed by atoms with E-state index in [1.165, 1.54) is 47.5 Å². The number of hydrogen-bond acceptors (Lipinski definition) is 1. The Morgan fingerprint density at radius 3 is 2.36 bits per heavy atom. The number of hydrogen-bond donors (Lipinski definition) is 0. The molecule has 5 rings (SSSR count). The summed E-state index contributed by atoms with van der Waals surface area (Å²) in [7, 11) is 2.21. The molecule has 0 fully saturated rings. The van der Waals surface area contributed by atoms with Crippen molar-refractivity contribution in [3.63, 3.8) is 0 Å². The second-order valence-corrected chi connectivity index (χ2v) is 9.00. The maximum Gasteiger partial charge on any atom is 0.0670 e. The van der Waals surface area contributed by atoms with Crippen LogP contribution in [0.25, 0.3) is 42.0 Å². The van der Waals surface area contributed by atoms with Crippen molar-refractivity contribution in [2.24, 2.45) is 7.05 Å². The van der Waals surface area contributed by atoms with Crippen molar-refractivity contribution in [1.29, 1.82) is 0 Å². The molecule has 0 unspecified atom stereocenters. The van der Waals surface area contributed by atoms with E-state index in [2.05, 4.69) is 87.0 Å². The number of fused-ring (bicyclic) bond motifs is 7. The molecule has 0 saturated heterocycles. The quantitative estimate of drug-likeness (QED) is 0.285.